The first kappa shape index (κ1) is 28.7. The lowest BCUT2D eigenvalue weighted by atomic mass is 9.99. The van der Waals surface area contributed by atoms with E-state index in [1.165, 1.54) is 30.5 Å². The average molecular weight is 543 g/mol. The molecule has 0 saturated heterocycles. The third kappa shape index (κ3) is 7.58. The lowest BCUT2D eigenvalue weighted by Crippen LogP contribution is -2.49. The number of carbonyl (C=O) groups excluding carboxylic acids is 3. The number of nitrogens with zero attached hydrogens (tertiary/aromatic N) is 2. The molecule has 3 aromatic rings. The van der Waals surface area contributed by atoms with Crippen molar-refractivity contribution >= 4 is 34.9 Å². The van der Waals surface area contributed by atoms with Gasteiger partial charge in [0.2, 0.25) is 17.7 Å². The maximum Gasteiger partial charge on any atom is 0.248 e. The highest BCUT2D eigenvalue weighted by Gasteiger charge is 2.36. The predicted octanol–water partition coefficient (Wildman–Crippen LogP) is 4.47. The Morgan fingerprint density at radius 3 is 2.45 bits per heavy atom. The first-order chi connectivity index (χ1) is 18.0. The highest BCUT2D eigenvalue weighted by molar-refractivity contribution is 7.09. The summed E-state index contributed by atoms with van der Waals surface area (Å²) in [6, 6.07) is 9.53. The summed E-state index contributed by atoms with van der Waals surface area (Å²) in [5.41, 5.74) is -0.0876. The number of hydrogen-bond donors (Lipinski definition) is 2. The summed E-state index contributed by atoms with van der Waals surface area (Å²) in [6.45, 7) is 7.48. The lowest BCUT2D eigenvalue weighted by molar-refractivity contribution is -0.142. The minimum atomic E-state index is -1.05. The van der Waals surface area contributed by atoms with Gasteiger partial charge in [-0.3, -0.25) is 14.4 Å². The Morgan fingerprint density at radius 2 is 1.87 bits per heavy atom. The Kier molecular flexibility index (Phi) is 9.51. The molecule has 0 unspecified atom stereocenters. The fraction of sp³-hybridized carbons (Fsp3) is 0.407. The first-order valence-electron chi connectivity index (χ1n) is 12.1. The number of para-hydroxylation sites is 1. The summed E-state index contributed by atoms with van der Waals surface area (Å²) in [5.74, 6) is 0.478. The normalized spacial score (nSPS) is 11.9. The highest BCUT2D eigenvalue weighted by atomic mass is 32.1. The third-order valence-corrected chi connectivity index (χ3v) is 6.34. The van der Waals surface area contributed by atoms with Gasteiger partial charge in [-0.15, -0.1) is 11.3 Å². The molecule has 2 N–H and O–H groups in total. The number of methoxy groups -OCH3 is 2. The highest BCUT2D eigenvalue weighted by Crippen LogP contribution is 2.38. The molecule has 0 aliphatic rings. The van der Waals surface area contributed by atoms with E-state index in [-0.39, 0.29) is 37.0 Å². The minimum absolute atomic E-state index is 0.103. The molecule has 0 radical (unpaired) electrons. The smallest absolute Gasteiger partial charge is 0.248 e. The fourth-order valence-corrected chi connectivity index (χ4v) is 4.61. The van der Waals surface area contributed by atoms with Gasteiger partial charge in [-0.05, 0) is 45.2 Å². The molecule has 1 aromatic carbocycles. The predicted molar refractivity (Wildman–Crippen MR) is 144 cm³/mol. The number of carbonyl (C=O) groups is 3. The van der Waals surface area contributed by atoms with Crippen molar-refractivity contribution < 1.29 is 28.4 Å². The van der Waals surface area contributed by atoms with E-state index in [1.54, 1.807) is 31.2 Å². The molecule has 1 atom stereocenters. The van der Waals surface area contributed by atoms with Crippen LogP contribution in [0.2, 0.25) is 0 Å². The molecule has 204 valence electrons. The molecular formula is C27H34N4O6S. The number of nitrogens with one attached hydrogen (secondary N) is 2. The molecule has 0 aliphatic carbocycles. The van der Waals surface area contributed by atoms with Gasteiger partial charge < -0.3 is 29.5 Å². The summed E-state index contributed by atoms with van der Waals surface area (Å²) < 4.78 is 16.1. The molecular weight excluding hydrogens is 508 g/mol. The van der Waals surface area contributed by atoms with Crippen LogP contribution < -0.4 is 20.1 Å². The van der Waals surface area contributed by atoms with Crippen molar-refractivity contribution in [1.82, 2.24) is 15.4 Å². The summed E-state index contributed by atoms with van der Waals surface area (Å²) in [7, 11) is 3.00. The van der Waals surface area contributed by atoms with Crippen LogP contribution in [0.15, 0.2) is 46.3 Å². The number of thiophene rings is 1. The van der Waals surface area contributed by atoms with E-state index in [0.717, 1.165) is 4.88 Å². The van der Waals surface area contributed by atoms with Crippen LogP contribution in [0.1, 0.15) is 55.9 Å². The number of ether oxygens (including phenoxy) is 2. The molecule has 38 heavy (non-hydrogen) atoms. The Balaban J connectivity index is 1.97. The van der Waals surface area contributed by atoms with Crippen molar-refractivity contribution in [2.45, 2.75) is 58.7 Å². The largest absolute Gasteiger partial charge is 0.493 e. The zero-order chi connectivity index (χ0) is 27.9. The topological polar surface area (TPSA) is 123 Å². The van der Waals surface area contributed by atoms with Crippen molar-refractivity contribution in [1.29, 1.82) is 0 Å². The number of benzene rings is 1. The van der Waals surface area contributed by atoms with Crippen LogP contribution in [-0.2, 0) is 20.9 Å². The van der Waals surface area contributed by atoms with Crippen LogP contribution in [-0.4, -0.2) is 47.5 Å². The SMILES string of the molecule is COc1cccc([C@@H](C(=O)NC(C)(C)C)N(Cc2cccs2)C(=O)CCC(=O)Nc2cc(C)on2)c1OC. The fourth-order valence-electron chi connectivity index (χ4n) is 3.90. The maximum atomic E-state index is 13.8. The molecule has 3 amide bonds. The number of amides is 3. The van der Waals surface area contributed by atoms with E-state index in [1.807, 2.05) is 38.3 Å². The zero-order valence-electron chi connectivity index (χ0n) is 22.5. The molecule has 11 heteroatoms. The molecule has 10 nitrogen and oxygen atoms in total. The Morgan fingerprint density at radius 1 is 1.11 bits per heavy atom. The van der Waals surface area contributed by atoms with Crippen LogP contribution in [0.5, 0.6) is 11.5 Å². The van der Waals surface area contributed by atoms with Crippen LogP contribution in [0.3, 0.4) is 0 Å². The van der Waals surface area contributed by atoms with Gasteiger partial charge in [0, 0.05) is 34.9 Å². The van der Waals surface area contributed by atoms with Gasteiger partial charge >= 0.3 is 0 Å². The van der Waals surface area contributed by atoms with Crippen molar-refractivity contribution in [3.05, 3.63) is 58.0 Å². The van der Waals surface area contributed by atoms with E-state index in [9.17, 15) is 14.4 Å². The second-order valence-corrected chi connectivity index (χ2v) is 10.7. The van der Waals surface area contributed by atoms with E-state index in [4.69, 9.17) is 14.0 Å². The molecule has 0 aliphatic heterocycles. The Labute approximate surface area is 226 Å². The molecule has 2 aromatic heterocycles. The van der Waals surface area contributed by atoms with Crippen molar-refractivity contribution in [2.24, 2.45) is 0 Å². The van der Waals surface area contributed by atoms with E-state index in [0.29, 0.717) is 22.8 Å². The van der Waals surface area contributed by atoms with Gasteiger partial charge in [0.15, 0.2) is 17.3 Å². The molecule has 2 heterocycles. The molecule has 0 saturated carbocycles. The summed E-state index contributed by atoms with van der Waals surface area (Å²) >= 11 is 1.47. The number of aromatic nitrogens is 1. The van der Waals surface area contributed by atoms with E-state index in [2.05, 4.69) is 15.8 Å². The number of aryl methyl sites for hydroxylation is 1. The number of hydrogen-bond acceptors (Lipinski definition) is 8. The van der Waals surface area contributed by atoms with Crippen LogP contribution in [0.4, 0.5) is 5.82 Å². The van der Waals surface area contributed by atoms with Crippen molar-refractivity contribution in [2.75, 3.05) is 19.5 Å². The summed E-state index contributed by atoms with van der Waals surface area (Å²) in [4.78, 5) is 42.4. The number of rotatable bonds is 11. The number of anilines is 1. The zero-order valence-corrected chi connectivity index (χ0v) is 23.3. The van der Waals surface area contributed by atoms with Gasteiger partial charge in [-0.1, -0.05) is 23.4 Å². The van der Waals surface area contributed by atoms with Gasteiger partial charge in [0.25, 0.3) is 0 Å². The van der Waals surface area contributed by atoms with Crippen molar-refractivity contribution in [3.63, 3.8) is 0 Å². The molecule has 0 spiro atoms. The Bertz CT molecular complexity index is 1250. The average Bonchev–Trinajstić information content (AvgIpc) is 3.52. The van der Waals surface area contributed by atoms with E-state index >= 15 is 0 Å². The van der Waals surface area contributed by atoms with Crippen LogP contribution in [0.25, 0.3) is 0 Å². The van der Waals surface area contributed by atoms with Crippen LogP contribution >= 0.6 is 11.3 Å². The Hall–Kier alpha value is -3.86. The molecule has 0 bridgehead atoms. The van der Waals surface area contributed by atoms with E-state index < -0.39 is 17.5 Å². The lowest BCUT2D eigenvalue weighted by Gasteiger charge is -2.34. The summed E-state index contributed by atoms with van der Waals surface area (Å²) in [5, 5.41) is 11.3. The second kappa shape index (κ2) is 12.6. The second-order valence-electron chi connectivity index (χ2n) is 9.70. The quantitative estimate of drug-likeness (QED) is 0.367. The van der Waals surface area contributed by atoms with Crippen LogP contribution in [0, 0.1) is 6.92 Å². The van der Waals surface area contributed by atoms with Gasteiger partial charge in [0.1, 0.15) is 11.8 Å². The standard InChI is InChI=1S/C27H34N4O6S/c1-17-15-21(30-37-17)28-22(32)12-13-23(33)31(16-18-9-8-14-38-18)24(26(34)29-27(2,3)4)19-10-7-11-20(35-5)25(19)36-6/h7-11,14-15,24H,12-13,16H2,1-6H3,(H,29,34)(H,28,30,32)/t24-/m0/s1. The summed E-state index contributed by atoms with van der Waals surface area (Å²) in [6.07, 6.45) is -0.228. The third-order valence-electron chi connectivity index (χ3n) is 5.47. The van der Waals surface area contributed by atoms with Gasteiger partial charge in [-0.25, -0.2) is 0 Å². The van der Waals surface area contributed by atoms with Gasteiger partial charge in [-0.2, -0.15) is 0 Å². The minimum Gasteiger partial charge on any atom is -0.493 e. The molecule has 3 rings (SSSR count). The molecule has 0 fully saturated rings. The maximum absolute atomic E-state index is 13.8. The van der Waals surface area contributed by atoms with Crippen molar-refractivity contribution in [3.8, 4) is 11.5 Å². The van der Waals surface area contributed by atoms with Gasteiger partial charge in [0.05, 0.1) is 20.8 Å². The first-order valence-corrected chi connectivity index (χ1v) is 13.0. The monoisotopic (exact) mass is 542 g/mol.